The Kier molecular flexibility index (Phi) is 4.24. The van der Waals surface area contributed by atoms with Crippen LogP contribution in [0.25, 0.3) is 33.1 Å². The molecule has 5 aromatic rings. The molecule has 5 rings (SSSR count). The Morgan fingerprint density at radius 1 is 1.03 bits per heavy atom. The zero-order chi connectivity index (χ0) is 20.9. The summed E-state index contributed by atoms with van der Waals surface area (Å²) in [6.45, 7) is 0. The quantitative estimate of drug-likeness (QED) is 0.333. The maximum absolute atomic E-state index is 13.4. The number of fused-ring (bicyclic) bond motifs is 3. The van der Waals surface area contributed by atoms with Crippen LogP contribution in [-0.2, 0) is 6.18 Å². The summed E-state index contributed by atoms with van der Waals surface area (Å²) in [4.78, 5) is 4.45. The van der Waals surface area contributed by atoms with E-state index in [1.54, 1.807) is 30.5 Å². The third-order valence-electron chi connectivity index (χ3n) is 4.58. The number of aromatic nitrogens is 5. The smallest absolute Gasteiger partial charge is 0.435 e. The van der Waals surface area contributed by atoms with Crippen LogP contribution in [0.2, 0.25) is 0 Å². The summed E-state index contributed by atoms with van der Waals surface area (Å²) >= 11 is 3.37. The fourth-order valence-corrected chi connectivity index (χ4v) is 3.53. The molecule has 10 heteroatoms. The number of benzene rings is 2. The summed E-state index contributed by atoms with van der Waals surface area (Å²) in [5, 5.41) is 14.0. The molecule has 0 saturated carbocycles. The third kappa shape index (κ3) is 3.18. The molecule has 0 aliphatic heterocycles. The lowest BCUT2D eigenvalue weighted by molar-refractivity contribution is -0.140. The minimum atomic E-state index is -4.62. The Labute approximate surface area is 175 Å². The number of nitrogens with one attached hydrogen (secondary N) is 2. The van der Waals surface area contributed by atoms with Crippen molar-refractivity contribution >= 4 is 37.7 Å². The van der Waals surface area contributed by atoms with E-state index in [0.29, 0.717) is 22.4 Å². The average molecular weight is 474 g/mol. The number of halogens is 4. The number of rotatable bonds is 3. The van der Waals surface area contributed by atoms with Gasteiger partial charge >= 0.3 is 6.18 Å². The van der Waals surface area contributed by atoms with Crippen LogP contribution < -0.4 is 4.74 Å². The highest BCUT2D eigenvalue weighted by atomic mass is 79.9. The number of H-pyrrole nitrogens is 2. The summed E-state index contributed by atoms with van der Waals surface area (Å²) in [7, 11) is 0. The van der Waals surface area contributed by atoms with E-state index in [-0.39, 0.29) is 11.3 Å². The molecule has 3 heterocycles. The van der Waals surface area contributed by atoms with Crippen LogP contribution in [0.3, 0.4) is 0 Å². The zero-order valence-electron chi connectivity index (χ0n) is 15.0. The van der Waals surface area contributed by atoms with Crippen molar-refractivity contribution in [2.45, 2.75) is 6.18 Å². The molecule has 0 unspecified atom stereocenters. The molecular weight excluding hydrogens is 463 g/mol. The lowest BCUT2D eigenvalue weighted by atomic mass is 10.1. The number of ether oxygens (including phenoxy) is 1. The average Bonchev–Trinajstić information content (AvgIpc) is 3.38. The predicted molar refractivity (Wildman–Crippen MR) is 108 cm³/mol. The van der Waals surface area contributed by atoms with Gasteiger partial charge in [-0.2, -0.15) is 23.4 Å². The van der Waals surface area contributed by atoms with E-state index in [1.165, 1.54) is 12.3 Å². The van der Waals surface area contributed by atoms with Gasteiger partial charge in [-0.05, 0) is 36.4 Å². The highest BCUT2D eigenvalue weighted by Gasteiger charge is 2.37. The van der Waals surface area contributed by atoms with Crippen molar-refractivity contribution < 1.29 is 17.9 Å². The van der Waals surface area contributed by atoms with Crippen molar-refractivity contribution in [2.75, 3.05) is 0 Å². The van der Waals surface area contributed by atoms with E-state index in [1.807, 2.05) is 12.1 Å². The van der Waals surface area contributed by atoms with Crippen LogP contribution in [0.5, 0.6) is 11.5 Å². The van der Waals surface area contributed by atoms with Gasteiger partial charge in [0, 0.05) is 22.1 Å². The number of aromatic amines is 2. The first-order valence-corrected chi connectivity index (χ1v) is 9.51. The zero-order valence-corrected chi connectivity index (χ0v) is 16.5. The summed E-state index contributed by atoms with van der Waals surface area (Å²) in [6, 6.07) is 12.1. The lowest BCUT2D eigenvalue weighted by Crippen LogP contribution is -2.07. The molecule has 0 spiro atoms. The van der Waals surface area contributed by atoms with Crippen LogP contribution >= 0.6 is 15.9 Å². The number of alkyl halides is 3. The number of pyridine rings is 1. The van der Waals surface area contributed by atoms with Gasteiger partial charge in [0.2, 0.25) is 0 Å². The normalized spacial score (nSPS) is 12.0. The second kappa shape index (κ2) is 6.84. The number of hydrogen-bond donors (Lipinski definition) is 2. The Morgan fingerprint density at radius 3 is 2.60 bits per heavy atom. The SMILES string of the molecule is FC(F)(F)c1n[nH]cc1-c1cc(Oc2ccc(Br)cc2)c2c(ccc3[nH]ncc32)n1. The minimum Gasteiger partial charge on any atom is -0.457 e. The molecule has 0 aliphatic carbocycles. The van der Waals surface area contributed by atoms with Gasteiger partial charge in [0.1, 0.15) is 11.5 Å². The monoisotopic (exact) mass is 473 g/mol. The van der Waals surface area contributed by atoms with Gasteiger partial charge in [-0.1, -0.05) is 15.9 Å². The highest BCUT2D eigenvalue weighted by Crippen LogP contribution is 2.40. The molecular formula is C20H11BrF3N5O. The van der Waals surface area contributed by atoms with Gasteiger partial charge in [-0.15, -0.1) is 0 Å². The lowest BCUT2D eigenvalue weighted by Gasteiger charge is -2.13. The Hall–Kier alpha value is -3.40. The molecule has 2 N–H and O–H groups in total. The molecule has 0 aliphatic rings. The van der Waals surface area contributed by atoms with Gasteiger partial charge in [0.25, 0.3) is 0 Å². The number of hydrogen-bond acceptors (Lipinski definition) is 4. The molecule has 0 fully saturated rings. The summed E-state index contributed by atoms with van der Waals surface area (Å²) < 4.78 is 47.1. The van der Waals surface area contributed by atoms with Crippen LogP contribution in [0.15, 0.2) is 59.3 Å². The van der Waals surface area contributed by atoms with Crippen LogP contribution in [0, 0.1) is 0 Å². The summed E-state index contributed by atoms with van der Waals surface area (Å²) in [5.74, 6) is 0.888. The highest BCUT2D eigenvalue weighted by molar-refractivity contribution is 9.10. The molecule has 2 aromatic carbocycles. The molecule has 0 radical (unpaired) electrons. The van der Waals surface area contributed by atoms with Gasteiger partial charge < -0.3 is 4.74 Å². The van der Waals surface area contributed by atoms with Crippen molar-refractivity contribution in [1.29, 1.82) is 0 Å². The van der Waals surface area contributed by atoms with Crippen molar-refractivity contribution in [3.8, 4) is 22.8 Å². The third-order valence-corrected chi connectivity index (χ3v) is 5.11. The maximum atomic E-state index is 13.4. The van der Waals surface area contributed by atoms with Crippen molar-refractivity contribution in [3.05, 3.63) is 65.0 Å². The second-order valence-corrected chi connectivity index (χ2v) is 7.41. The predicted octanol–water partition coefficient (Wildman–Crippen LogP) is 6.07. The molecule has 6 nitrogen and oxygen atoms in total. The minimum absolute atomic E-state index is 0.0959. The summed E-state index contributed by atoms with van der Waals surface area (Å²) in [5.41, 5.74) is 0.143. The molecule has 3 aromatic heterocycles. The fourth-order valence-electron chi connectivity index (χ4n) is 3.27. The molecule has 0 atom stereocenters. The summed E-state index contributed by atoms with van der Waals surface area (Å²) in [6.07, 6.45) is -1.81. The molecule has 150 valence electrons. The van der Waals surface area contributed by atoms with Gasteiger partial charge in [0.05, 0.1) is 33.9 Å². The fraction of sp³-hybridized carbons (Fsp3) is 0.0500. The van der Waals surface area contributed by atoms with E-state index in [2.05, 4.69) is 41.3 Å². The van der Waals surface area contributed by atoms with Crippen LogP contribution in [-0.4, -0.2) is 25.4 Å². The van der Waals surface area contributed by atoms with E-state index >= 15 is 0 Å². The topological polar surface area (TPSA) is 79.5 Å². The first kappa shape index (κ1) is 18.6. The van der Waals surface area contributed by atoms with Gasteiger partial charge in [0.15, 0.2) is 5.69 Å². The van der Waals surface area contributed by atoms with Crippen molar-refractivity contribution in [1.82, 2.24) is 25.4 Å². The Balaban J connectivity index is 1.76. The molecule has 30 heavy (non-hydrogen) atoms. The Morgan fingerprint density at radius 2 is 1.83 bits per heavy atom. The standard InChI is InChI=1S/C20H11BrF3N5O/c21-10-1-3-11(4-2-10)30-17-7-16(13-9-26-29-19(13)20(22,23)24)27-15-6-5-14-12(18(15)17)8-25-28-14/h1-9H,(H,25,28)(H,26,29). The second-order valence-electron chi connectivity index (χ2n) is 6.50. The first-order valence-electron chi connectivity index (χ1n) is 8.72. The van der Waals surface area contributed by atoms with Gasteiger partial charge in [-0.25, -0.2) is 4.98 Å². The molecule has 0 bridgehead atoms. The largest absolute Gasteiger partial charge is 0.457 e. The van der Waals surface area contributed by atoms with E-state index in [0.717, 1.165) is 15.4 Å². The number of nitrogens with zero attached hydrogens (tertiary/aromatic N) is 3. The van der Waals surface area contributed by atoms with E-state index in [4.69, 9.17) is 4.74 Å². The van der Waals surface area contributed by atoms with E-state index in [9.17, 15) is 13.2 Å². The van der Waals surface area contributed by atoms with Crippen molar-refractivity contribution in [3.63, 3.8) is 0 Å². The first-order chi connectivity index (χ1) is 14.4. The Bertz CT molecular complexity index is 1380. The van der Waals surface area contributed by atoms with Crippen molar-refractivity contribution in [2.24, 2.45) is 0 Å². The van der Waals surface area contributed by atoms with Gasteiger partial charge in [-0.3, -0.25) is 10.2 Å². The molecule has 0 saturated heterocycles. The maximum Gasteiger partial charge on any atom is 0.435 e. The molecule has 0 amide bonds. The van der Waals surface area contributed by atoms with E-state index < -0.39 is 11.9 Å². The van der Waals surface area contributed by atoms with Crippen LogP contribution in [0.4, 0.5) is 13.2 Å². The van der Waals surface area contributed by atoms with Crippen LogP contribution in [0.1, 0.15) is 5.69 Å².